The van der Waals surface area contributed by atoms with E-state index in [4.69, 9.17) is 9.57 Å². The van der Waals surface area contributed by atoms with Crippen molar-refractivity contribution in [3.8, 4) is 0 Å². The van der Waals surface area contributed by atoms with Crippen LogP contribution in [0.3, 0.4) is 0 Å². The van der Waals surface area contributed by atoms with Gasteiger partial charge in [0.05, 0.1) is 25.0 Å². The van der Waals surface area contributed by atoms with E-state index in [0.29, 0.717) is 24.3 Å². The highest BCUT2D eigenvalue weighted by Gasteiger charge is 2.75. The molecule has 42 heavy (non-hydrogen) atoms. The zero-order valence-corrected chi connectivity index (χ0v) is 24.0. The van der Waals surface area contributed by atoms with E-state index in [1.807, 2.05) is 0 Å². The number of halogens is 1. The van der Waals surface area contributed by atoms with Gasteiger partial charge >= 0.3 is 11.9 Å². The zero-order valence-electron chi connectivity index (χ0n) is 24.0. The number of carbonyl (C=O) groups excluding carboxylic acids is 5. The van der Waals surface area contributed by atoms with E-state index in [-0.39, 0.29) is 19.3 Å². The van der Waals surface area contributed by atoms with E-state index in [1.165, 1.54) is 6.08 Å². The molecule has 1 unspecified atom stereocenters. The molecule has 2 amide bonds. The highest BCUT2D eigenvalue weighted by molar-refractivity contribution is 6.01. The Hall–Kier alpha value is -2.96. The number of hydrogen-bond acceptors (Lipinski definition) is 10. The number of hydrogen-bond donors (Lipinski definition) is 3. The second kappa shape index (κ2) is 10.3. The van der Waals surface area contributed by atoms with Gasteiger partial charge in [0.15, 0.2) is 12.3 Å². The molecule has 1 saturated heterocycles. The van der Waals surface area contributed by atoms with Crippen molar-refractivity contribution < 1.29 is 53.3 Å². The van der Waals surface area contributed by atoms with Gasteiger partial charge in [-0.25, -0.2) is 9.18 Å². The number of allylic oxidation sites excluding steroid dienone is 2. The predicted octanol–water partition coefficient (Wildman–Crippen LogP) is 1.63. The molecule has 0 radical (unpaired) electrons. The van der Waals surface area contributed by atoms with Crippen molar-refractivity contribution >= 4 is 29.5 Å². The maximum atomic E-state index is 17.3. The second-order valence-corrected chi connectivity index (χ2v) is 12.9. The molecule has 9 atom stereocenters. The minimum atomic E-state index is -2.07. The summed E-state index contributed by atoms with van der Waals surface area (Å²) in [6.07, 6.45) is 2.36. The number of imide groups is 1. The third-order valence-electron chi connectivity index (χ3n) is 10.8. The molecule has 230 valence electrons. The van der Waals surface area contributed by atoms with Crippen LogP contribution < -0.4 is 0 Å². The van der Waals surface area contributed by atoms with Crippen molar-refractivity contribution in [3.63, 3.8) is 0 Å². The summed E-state index contributed by atoms with van der Waals surface area (Å²) >= 11 is 0. The van der Waals surface area contributed by atoms with Crippen LogP contribution >= 0.6 is 0 Å². The van der Waals surface area contributed by atoms with Crippen LogP contribution in [0.25, 0.3) is 0 Å². The van der Waals surface area contributed by atoms with Crippen LogP contribution in [0.1, 0.15) is 72.1 Å². The lowest BCUT2D eigenvalue weighted by Gasteiger charge is -2.62. The molecule has 3 N–H and O–H groups in total. The normalized spacial score (nSPS) is 42.4. The first-order valence-corrected chi connectivity index (χ1v) is 14.5. The van der Waals surface area contributed by atoms with Gasteiger partial charge in [-0.15, -0.1) is 5.06 Å². The topological polar surface area (TPSA) is 168 Å². The standard InChI is InChI=1S/C30H38FNO10/c1-16-12-20-19-5-4-17-13-18(33)10-11-27(17,2)29(19,31)21(34)14-28(20,3)30(16,40)22(35)15-41-25(38)8-9-26(39)42-32-23(36)6-7-24(32)37/h10-11,13,16,18-21,33-34,40H,4-9,12,14-15H2,1-3H3/t16-,18?,19+,20+,21+,27+,28+,29+,30+/m1/s1. The van der Waals surface area contributed by atoms with Crippen LogP contribution in [0.4, 0.5) is 4.39 Å². The van der Waals surface area contributed by atoms with Crippen molar-refractivity contribution in [1.29, 1.82) is 0 Å². The van der Waals surface area contributed by atoms with Gasteiger partial charge in [0.2, 0.25) is 5.78 Å². The number of ketones is 1. The summed E-state index contributed by atoms with van der Waals surface area (Å²) in [4.78, 5) is 65.7. The van der Waals surface area contributed by atoms with Crippen molar-refractivity contribution in [2.75, 3.05) is 6.61 Å². The van der Waals surface area contributed by atoms with Crippen LogP contribution in [0, 0.1) is 28.6 Å². The monoisotopic (exact) mass is 591 g/mol. The maximum absolute atomic E-state index is 17.3. The molecule has 0 aromatic heterocycles. The number of amides is 2. The smallest absolute Gasteiger partial charge is 0.333 e. The predicted molar refractivity (Wildman–Crippen MR) is 141 cm³/mol. The van der Waals surface area contributed by atoms with Gasteiger partial charge in [0, 0.05) is 29.6 Å². The Morgan fingerprint density at radius 3 is 2.36 bits per heavy atom. The lowest BCUT2D eigenvalue weighted by Crippen LogP contribution is -2.69. The Morgan fingerprint density at radius 1 is 1.05 bits per heavy atom. The fraction of sp³-hybridized carbons (Fsp3) is 0.700. The molecule has 4 fully saturated rings. The maximum Gasteiger partial charge on any atom is 0.333 e. The first kappa shape index (κ1) is 30.5. The van der Waals surface area contributed by atoms with E-state index in [9.17, 15) is 39.3 Å². The van der Waals surface area contributed by atoms with Gasteiger partial charge in [0.1, 0.15) is 5.60 Å². The third-order valence-corrected chi connectivity index (χ3v) is 10.8. The molecule has 0 spiro atoms. The Balaban J connectivity index is 1.26. The number of esters is 1. The lowest BCUT2D eigenvalue weighted by molar-refractivity contribution is -0.220. The summed E-state index contributed by atoms with van der Waals surface area (Å²) in [6, 6.07) is 0. The molecule has 12 heteroatoms. The van der Waals surface area contributed by atoms with Crippen molar-refractivity contribution in [3.05, 3.63) is 23.8 Å². The summed E-state index contributed by atoms with van der Waals surface area (Å²) in [7, 11) is 0. The van der Waals surface area contributed by atoms with Crippen LogP contribution in [0.2, 0.25) is 0 Å². The second-order valence-electron chi connectivity index (χ2n) is 12.9. The van der Waals surface area contributed by atoms with E-state index < -0.39 is 101 Å². The first-order valence-electron chi connectivity index (χ1n) is 14.5. The van der Waals surface area contributed by atoms with Gasteiger partial charge in [-0.2, -0.15) is 0 Å². The summed E-state index contributed by atoms with van der Waals surface area (Å²) < 4.78 is 22.4. The number of fused-ring (bicyclic) bond motifs is 5. The molecular weight excluding hydrogens is 553 g/mol. The molecule has 1 aliphatic heterocycles. The average molecular weight is 592 g/mol. The lowest BCUT2D eigenvalue weighted by atomic mass is 9.44. The fourth-order valence-corrected chi connectivity index (χ4v) is 8.60. The molecule has 5 aliphatic rings. The number of Topliss-reactive ketones (excluding diaryl/α,β-unsaturated/α-hetero) is 1. The third kappa shape index (κ3) is 4.28. The molecule has 11 nitrogen and oxygen atoms in total. The van der Waals surface area contributed by atoms with E-state index in [0.717, 1.165) is 5.57 Å². The minimum absolute atomic E-state index is 0.0694. The number of carbonyl (C=O) groups is 5. The van der Waals surface area contributed by atoms with E-state index >= 15 is 4.39 Å². The van der Waals surface area contributed by atoms with Crippen LogP contribution in [0.15, 0.2) is 23.8 Å². The Bertz CT molecular complexity index is 1260. The highest BCUT2D eigenvalue weighted by atomic mass is 19.1. The Morgan fingerprint density at radius 2 is 1.69 bits per heavy atom. The summed E-state index contributed by atoms with van der Waals surface area (Å²) in [5, 5.41) is 33.9. The SMILES string of the molecule is C[C@@H]1C[C@H]2[C@@H]3CCC4=CC(O)C=C[C@]4(C)[C@@]3(F)[C@@H](O)C[C@]2(C)[C@@]1(O)C(=O)COC(=O)CCC(=O)ON1C(=O)CCC1=O. The van der Waals surface area contributed by atoms with Gasteiger partial charge in [-0.05, 0) is 44.4 Å². The van der Waals surface area contributed by atoms with Gasteiger partial charge in [-0.3, -0.25) is 19.2 Å². The number of hydroxylamine groups is 2. The minimum Gasteiger partial charge on any atom is -0.458 e. The molecule has 0 aromatic rings. The molecule has 0 bridgehead atoms. The number of aliphatic hydroxyl groups excluding tert-OH is 2. The summed E-state index contributed by atoms with van der Waals surface area (Å²) in [5.74, 6) is -5.73. The quantitative estimate of drug-likeness (QED) is 0.225. The van der Waals surface area contributed by atoms with Crippen LogP contribution in [-0.4, -0.2) is 80.0 Å². The summed E-state index contributed by atoms with van der Waals surface area (Å²) in [5.41, 5.74) is -5.70. The molecule has 3 saturated carbocycles. The van der Waals surface area contributed by atoms with Crippen molar-refractivity contribution in [2.45, 2.75) is 95.6 Å². The molecular formula is C30H38FNO10. The van der Waals surface area contributed by atoms with Crippen LogP contribution in [0.5, 0.6) is 0 Å². The largest absolute Gasteiger partial charge is 0.458 e. The average Bonchev–Trinajstić information content (AvgIpc) is 3.35. The van der Waals surface area contributed by atoms with Crippen molar-refractivity contribution in [2.24, 2.45) is 28.6 Å². The van der Waals surface area contributed by atoms with Gasteiger partial charge < -0.3 is 24.9 Å². The molecule has 5 rings (SSSR count). The number of rotatable bonds is 7. The first-order chi connectivity index (χ1) is 19.6. The number of alkyl halides is 1. The molecule has 0 aromatic carbocycles. The van der Waals surface area contributed by atoms with Gasteiger partial charge in [-0.1, -0.05) is 37.6 Å². The highest BCUT2D eigenvalue weighted by Crippen LogP contribution is 2.70. The Kier molecular flexibility index (Phi) is 7.51. The van der Waals surface area contributed by atoms with E-state index in [1.54, 1.807) is 32.9 Å². The number of ether oxygens (including phenoxy) is 1. The van der Waals surface area contributed by atoms with Gasteiger partial charge in [0.25, 0.3) is 11.8 Å². The molecule has 1 heterocycles. The Labute approximate surface area is 242 Å². The van der Waals surface area contributed by atoms with Crippen molar-refractivity contribution in [1.82, 2.24) is 5.06 Å². The number of nitrogens with zero attached hydrogens (tertiary/aromatic N) is 1. The molecule has 4 aliphatic carbocycles. The van der Waals surface area contributed by atoms with Crippen LogP contribution in [-0.2, 0) is 33.5 Å². The summed E-state index contributed by atoms with van der Waals surface area (Å²) in [6.45, 7) is 4.33. The fourth-order valence-electron chi connectivity index (χ4n) is 8.60. The zero-order chi connectivity index (χ0) is 30.8. The van der Waals surface area contributed by atoms with E-state index in [2.05, 4.69) is 0 Å². The number of aliphatic hydroxyl groups is 3.